The zero-order valence-electron chi connectivity index (χ0n) is 12.2. The zero-order valence-corrected chi connectivity index (χ0v) is 13.1. The molecule has 6 heteroatoms. The maximum absolute atomic E-state index is 12.1. The molecule has 1 saturated heterocycles. The number of carboxylic acid groups (broad SMARTS) is 1. The topological polar surface area (TPSA) is 69.6 Å². The predicted octanol–water partition coefficient (Wildman–Crippen LogP) is 1.59. The van der Waals surface area contributed by atoms with Crippen LogP contribution >= 0.6 is 11.3 Å². The van der Waals surface area contributed by atoms with Gasteiger partial charge >= 0.3 is 5.97 Å². The van der Waals surface area contributed by atoms with Gasteiger partial charge in [-0.05, 0) is 34.7 Å². The van der Waals surface area contributed by atoms with Crippen molar-refractivity contribution in [3.63, 3.8) is 0 Å². The summed E-state index contributed by atoms with van der Waals surface area (Å²) in [7, 11) is 0. The Morgan fingerprint density at radius 3 is 2.90 bits per heavy atom. The molecule has 116 valence electrons. The van der Waals surface area contributed by atoms with Gasteiger partial charge in [0.15, 0.2) is 0 Å². The Kier molecular flexibility index (Phi) is 5.76. The first-order chi connectivity index (χ1) is 10.1. The van der Waals surface area contributed by atoms with Crippen LogP contribution in [0, 0.1) is 5.92 Å². The molecule has 2 rings (SSSR count). The predicted molar refractivity (Wildman–Crippen MR) is 82.4 cm³/mol. The minimum absolute atomic E-state index is 0.0247. The molecule has 0 bridgehead atoms. The SMILES string of the molecule is CCC[C@H]1CN(CC(=O)O)C[C@@H]1NC(=O)Cc1ccsc1. The van der Waals surface area contributed by atoms with Gasteiger partial charge in [-0.2, -0.15) is 11.3 Å². The van der Waals surface area contributed by atoms with Crippen LogP contribution in [0.2, 0.25) is 0 Å². The quantitative estimate of drug-likeness (QED) is 0.802. The van der Waals surface area contributed by atoms with Crippen LogP contribution in [0.4, 0.5) is 0 Å². The average Bonchev–Trinajstić information content (AvgIpc) is 3.00. The second-order valence-electron chi connectivity index (χ2n) is 5.62. The number of nitrogens with one attached hydrogen (secondary N) is 1. The standard InChI is InChI=1S/C15H22N2O3S/c1-2-3-12-7-17(9-15(19)20)8-13(12)16-14(18)6-11-4-5-21-10-11/h4-5,10,12-13H,2-3,6-9H2,1H3,(H,16,18)(H,19,20)/t12-,13-/m0/s1. The van der Waals surface area contributed by atoms with Crippen molar-refractivity contribution < 1.29 is 14.7 Å². The second-order valence-corrected chi connectivity index (χ2v) is 6.40. The van der Waals surface area contributed by atoms with Crippen LogP contribution in [0.15, 0.2) is 16.8 Å². The summed E-state index contributed by atoms with van der Waals surface area (Å²) in [5, 5.41) is 15.9. The lowest BCUT2D eigenvalue weighted by Gasteiger charge is -2.19. The van der Waals surface area contributed by atoms with E-state index >= 15 is 0 Å². The molecule has 0 unspecified atom stereocenters. The number of amides is 1. The van der Waals surface area contributed by atoms with Crippen molar-refractivity contribution in [1.82, 2.24) is 10.2 Å². The van der Waals surface area contributed by atoms with Crippen LogP contribution in [-0.4, -0.2) is 47.6 Å². The smallest absolute Gasteiger partial charge is 0.317 e. The summed E-state index contributed by atoms with van der Waals surface area (Å²) in [6.07, 6.45) is 2.46. The third-order valence-electron chi connectivity index (χ3n) is 3.83. The lowest BCUT2D eigenvalue weighted by molar-refractivity contribution is -0.138. The van der Waals surface area contributed by atoms with Crippen molar-refractivity contribution in [3.8, 4) is 0 Å². The van der Waals surface area contributed by atoms with E-state index in [0.29, 0.717) is 18.9 Å². The molecule has 0 saturated carbocycles. The molecule has 21 heavy (non-hydrogen) atoms. The first kappa shape index (κ1) is 16.0. The summed E-state index contributed by atoms with van der Waals surface area (Å²) in [4.78, 5) is 24.9. The Morgan fingerprint density at radius 2 is 2.29 bits per heavy atom. The second kappa shape index (κ2) is 7.56. The van der Waals surface area contributed by atoms with Gasteiger partial charge in [-0.1, -0.05) is 13.3 Å². The van der Waals surface area contributed by atoms with Crippen molar-refractivity contribution in [2.75, 3.05) is 19.6 Å². The minimum Gasteiger partial charge on any atom is -0.480 e. The molecule has 5 nitrogen and oxygen atoms in total. The Labute approximate surface area is 129 Å². The van der Waals surface area contributed by atoms with E-state index in [1.165, 1.54) is 0 Å². The van der Waals surface area contributed by atoms with Crippen LogP contribution in [-0.2, 0) is 16.0 Å². The molecule has 1 aliphatic heterocycles. The third-order valence-corrected chi connectivity index (χ3v) is 4.56. The van der Waals surface area contributed by atoms with Crippen molar-refractivity contribution >= 4 is 23.2 Å². The molecule has 0 radical (unpaired) electrons. The summed E-state index contributed by atoms with van der Waals surface area (Å²) in [6.45, 7) is 3.55. The highest BCUT2D eigenvalue weighted by molar-refractivity contribution is 7.07. The molecule has 2 atom stereocenters. The molecule has 1 aliphatic rings. The number of nitrogens with zero attached hydrogens (tertiary/aromatic N) is 1. The van der Waals surface area contributed by atoms with E-state index in [0.717, 1.165) is 24.9 Å². The number of aliphatic carboxylic acids is 1. The molecule has 1 aromatic rings. The van der Waals surface area contributed by atoms with Crippen molar-refractivity contribution in [3.05, 3.63) is 22.4 Å². The highest BCUT2D eigenvalue weighted by Crippen LogP contribution is 2.21. The van der Waals surface area contributed by atoms with Crippen LogP contribution in [0.3, 0.4) is 0 Å². The Balaban J connectivity index is 1.89. The largest absolute Gasteiger partial charge is 0.480 e. The highest BCUT2D eigenvalue weighted by atomic mass is 32.1. The number of carbonyl (C=O) groups excluding carboxylic acids is 1. The molecule has 1 aromatic heterocycles. The van der Waals surface area contributed by atoms with Gasteiger partial charge < -0.3 is 10.4 Å². The van der Waals surface area contributed by atoms with Gasteiger partial charge in [0.05, 0.1) is 13.0 Å². The number of rotatable bonds is 7. The molecular formula is C15H22N2O3S. The van der Waals surface area contributed by atoms with Gasteiger partial charge in [0.2, 0.25) is 5.91 Å². The van der Waals surface area contributed by atoms with Gasteiger partial charge in [0.1, 0.15) is 0 Å². The Morgan fingerprint density at radius 1 is 1.48 bits per heavy atom. The lowest BCUT2D eigenvalue weighted by atomic mass is 9.98. The fourth-order valence-corrected chi connectivity index (χ4v) is 3.61. The van der Waals surface area contributed by atoms with E-state index in [1.54, 1.807) is 11.3 Å². The number of carboxylic acids is 1. The lowest BCUT2D eigenvalue weighted by Crippen LogP contribution is -2.41. The maximum atomic E-state index is 12.1. The molecule has 0 aromatic carbocycles. The molecule has 2 heterocycles. The number of hydrogen-bond donors (Lipinski definition) is 2. The summed E-state index contributed by atoms with van der Waals surface area (Å²) in [5.41, 5.74) is 1.03. The van der Waals surface area contributed by atoms with Gasteiger partial charge in [-0.25, -0.2) is 0 Å². The van der Waals surface area contributed by atoms with E-state index in [9.17, 15) is 9.59 Å². The third kappa shape index (κ3) is 4.82. The summed E-state index contributed by atoms with van der Waals surface area (Å²) in [5.74, 6) is -0.437. The molecule has 1 amide bonds. The first-order valence-corrected chi connectivity index (χ1v) is 8.27. The maximum Gasteiger partial charge on any atom is 0.317 e. The highest BCUT2D eigenvalue weighted by Gasteiger charge is 2.33. The van der Waals surface area contributed by atoms with Crippen molar-refractivity contribution in [2.45, 2.75) is 32.2 Å². The molecule has 2 N–H and O–H groups in total. The summed E-state index contributed by atoms with van der Waals surface area (Å²) < 4.78 is 0. The zero-order chi connectivity index (χ0) is 15.2. The van der Waals surface area contributed by atoms with Crippen LogP contribution < -0.4 is 5.32 Å². The average molecular weight is 310 g/mol. The number of likely N-dealkylation sites (tertiary alicyclic amines) is 1. The minimum atomic E-state index is -0.810. The van der Waals surface area contributed by atoms with Crippen LogP contribution in [0.1, 0.15) is 25.3 Å². The molecule has 1 fully saturated rings. The van der Waals surface area contributed by atoms with E-state index in [4.69, 9.17) is 5.11 Å². The number of hydrogen-bond acceptors (Lipinski definition) is 4. The van der Waals surface area contributed by atoms with E-state index < -0.39 is 5.97 Å². The fourth-order valence-electron chi connectivity index (χ4n) is 2.94. The monoisotopic (exact) mass is 310 g/mol. The van der Waals surface area contributed by atoms with Crippen LogP contribution in [0.5, 0.6) is 0 Å². The molecule has 0 aliphatic carbocycles. The fraction of sp³-hybridized carbons (Fsp3) is 0.600. The van der Waals surface area contributed by atoms with E-state index in [1.807, 2.05) is 21.7 Å². The summed E-state index contributed by atoms with van der Waals surface area (Å²) in [6, 6.07) is 2.02. The van der Waals surface area contributed by atoms with Gasteiger partial charge in [-0.15, -0.1) is 0 Å². The van der Waals surface area contributed by atoms with Crippen LogP contribution in [0.25, 0.3) is 0 Å². The van der Waals surface area contributed by atoms with E-state index in [-0.39, 0.29) is 18.5 Å². The van der Waals surface area contributed by atoms with Gasteiger partial charge in [0.25, 0.3) is 0 Å². The van der Waals surface area contributed by atoms with Gasteiger partial charge in [0, 0.05) is 19.1 Å². The Bertz CT molecular complexity index is 475. The Hall–Kier alpha value is -1.40. The molecule has 0 spiro atoms. The number of thiophene rings is 1. The van der Waals surface area contributed by atoms with E-state index in [2.05, 4.69) is 12.2 Å². The van der Waals surface area contributed by atoms with Crippen molar-refractivity contribution in [1.29, 1.82) is 0 Å². The first-order valence-electron chi connectivity index (χ1n) is 7.33. The number of carbonyl (C=O) groups is 2. The van der Waals surface area contributed by atoms with Gasteiger partial charge in [-0.3, -0.25) is 14.5 Å². The normalized spacial score (nSPS) is 22.3. The molecular weight excluding hydrogens is 288 g/mol. The summed E-state index contributed by atoms with van der Waals surface area (Å²) >= 11 is 1.59. The van der Waals surface area contributed by atoms with Crippen molar-refractivity contribution in [2.24, 2.45) is 5.92 Å².